The van der Waals surface area contributed by atoms with Crippen molar-refractivity contribution in [1.82, 2.24) is 0 Å². The number of thiophene rings is 1. The molecule has 1 unspecified atom stereocenters. The summed E-state index contributed by atoms with van der Waals surface area (Å²) in [5.41, 5.74) is 5.98. The second-order valence-corrected chi connectivity index (χ2v) is 4.56. The Morgan fingerprint density at radius 2 is 2.17 bits per heavy atom. The number of hydrogen-bond donors (Lipinski definition) is 1. The fraction of sp³-hybridized carbons (Fsp3) is 0.500. The third-order valence-electron chi connectivity index (χ3n) is 2.23. The van der Waals surface area contributed by atoms with Crippen LogP contribution in [0, 0.1) is 0 Å². The molecule has 100 valence electrons. The van der Waals surface area contributed by atoms with Crippen LogP contribution in [0.25, 0.3) is 0 Å². The van der Waals surface area contributed by atoms with Gasteiger partial charge in [0.1, 0.15) is 4.88 Å². The zero-order valence-electron chi connectivity index (χ0n) is 10.5. The highest BCUT2D eigenvalue weighted by atomic mass is 32.1. The van der Waals surface area contributed by atoms with E-state index in [9.17, 15) is 9.59 Å². The number of rotatable bonds is 6. The summed E-state index contributed by atoms with van der Waals surface area (Å²) in [5.74, 6) is -1.09. The molecule has 5 nitrogen and oxygen atoms in total. The molecule has 0 aliphatic rings. The molecule has 2 N–H and O–H groups in total. The smallest absolute Gasteiger partial charge is 0.351 e. The maximum Gasteiger partial charge on any atom is 0.351 e. The van der Waals surface area contributed by atoms with Crippen LogP contribution in [0.15, 0.2) is 11.4 Å². The van der Waals surface area contributed by atoms with Crippen molar-refractivity contribution in [2.24, 2.45) is 0 Å². The predicted octanol–water partition coefficient (Wildman–Crippen LogP) is 2.22. The van der Waals surface area contributed by atoms with E-state index >= 15 is 0 Å². The molecule has 18 heavy (non-hydrogen) atoms. The number of hydrogen-bond acceptors (Lipinski definition) is 6. The van der Waals surface area contributed by atoms with Crippen molar-refractivity contribution in [2.75, 3.05) is 12.3 Å². The number of nitrogen functional groups attached to an aromatic ring is 1. The molecule has 0 aliphatic heterocycles. The topological polar surface area (TPSA) is 78.6 Å². The molecule has 1 atom stereocenters. The monoisotopic (exact) mass is 271 g/mol. The summed E-state index contributed by atoms with van der Waals surface area (Å²) in [6, 6.07) is 1.63. The van der Waals surface area contributed by atoms with Gasteiger partial charge in [0, 0.05) is 0 Å². The summed E-state index contributed by atoms with van der Waals surface area (Å²) in [5, 5.41) is 1.70. The van der Waals surface area contributed by atoms with Gasteiger partial charge in [-0.15, -0.1) is 11.3 Å². The Hall–Kier alpha value is -1.56. The highest BCUT2D eigenvalue weighted by Gasteiger charge is 2.25. The van der Waals surface area contributed by atoms with Gasteiger partial charge in [-0.25, -0.2) is 9.59 Å². The molecule has 0 fully saturated rings. The molecule has 0 aromatic carbocycles. The van der Waals surface area contributed by atoms with Crippen molar-refractivity contribution < 1.29 is 19.1 Å². The second kappa shape index (κ2) is 7.00. The minimum atomic E-state index is -0.857. The van der Waals surface area contributed by atoms with Crippen molar-refractivity contribution in [3.05, 3.63) is 16.3 Å². The Balaban J connectivity index is 2.69. The molecule has 1 aromatic rings. The van der Waals surface area contributed by atoms with E-state index in [1.807, 2.05) is 6.92 Å². The summed E-state index contributed by atoms with van der Waals surface area (Å²) < 4.78 is 10.0. The predicted molar refractivity (Wildman–Crippen MR) is 69.5 cm³/mol. The van der Waals surface area contributed by atoms with E-state index in [1.165, 1.54) is 11.3 Å². The van der Waals surface area contributed by atoms with E-state index in [1.54, 1.807) is 18.4 Å². The maximum atomic E-state index is 11.8. The molecule has 0 saturated heterocycles. The molecule has 0 amide bonds. The quantitative estimate of drug-likeness (QED) is 0.802. The van der Waals surface area contributed by atoms with Gasteiger partial charge in [0.15, 0.2) is 6.10 Å². The normalized spacial score (nSPS) is 11.9. The first-order valence-corrected chi connectivity index (χ1v) is 6.68. The first-order valence-electron chi connectivity index (χ1n) is 5.80. The van der Waals surface area contributed by atoms with Gasteiger partial charge < -0.3 is 15.2 Å². The molecule has 1 aromatic heterocycles. The van der Waals surface area contributed by atoms with Crippen LogP contribution in [0.2, 0.25) is 0 Å². The van der Waals surface area contributed by atoms with Crippen LogP contribution < -0.4 is 5.73 Å². The molecule has 0 bridgehead atoms. The van der Waals surface area contributed by atoms with Gasteiger partial charge in [0.2, 0.25) is 0 Å². The van der Waals surface area contributed by atoms with Gasteiger partial charge in [-0.1, -0.05) is 13.3 Å². The van der Waals surface area contributed by atoms with E-state index in [0.29, 0.717) is 17.0 Å². The lowest BCUT2D eigenvalue weighted by Crippen LogP contribution is -2.29. The highest BCUT2D eigenvalue weighted by Crippen LogP contribution is 2.21. The molecular weight excluding hydrogens is 254 g/mol. The third-order valence-corrected chi connectivity index (χ3v) is 3.14. The van der Waals surface area contributed by atoms with Crippen LogP contribution in [0.4, 0.5) is 5.69 Å². The summed E-state index contributed by atoms with van der Waals surface area (Å²) >= 11 is 1.19. The van der Waals surface area contributed by atoms with Crippen LogP contribution >= 0.6 is 11.3 Å². The fourth-order valence-electron chi connectivity index (χ4n) is 1.39. The van der Waals surface area contributed by atoms with Crippen LogP contribution in [0.5, 0.6) is 0 Å². The summed E-state index contributed by atoms with van der Waals surface area (Å²) in [6.07, 6.45) is 0.302. The lowest BCUT2D eigenvalue weighted by molar-refractivity contribution is -0.153. The zero-order valence-corrected chi connectivity index (χ0v) is 11.3. The van der Waals surface area contributed by atoms with Crippen LogP contribution in [-0.4, -0.2) is 24.6 Å². The van der Waals surface area contributed by atoms with Gasteiger partial charge >= 0.3 is 11.9 Å². The van der Waals surface area contributed by atoms with Crippen molar-refractivity contribution in [3.63, 3.8) is 0 Å². The minimum absolute atomic E-state index is 0.262. The number of carbonyl (C=O) groups is 2. The molecule has 1 heterocycles. The van der Waals surface area contributed by atoms with Gasteiger partial charge in [0.05, 0.1) is 12.3 Å². The number of carbonyl (C=O) groups excluding carboxylic acids is 2. The van der Waals surface area contributed by atoms with Gasteiger partial charge in [0.25, 0.3) is 0 Å². The molecule has 0 saturated carbocycles. The van der Waals surface area contributed by atoms with E-state index in [4.69, 9.17) is 15.2 Å². The van der Waals surface area contributed by atoms with Gasteiger partial charge in [-0.3, -0.25) is 0 Å². The Morgan fingerprint density at radius 3 is 2.67 bits per heavy atom. The summed E-state index contributed by atoms with van der Waals surface area (Å²) in [6.45, 7) is 3.87. The van der Waals surface area contributed by atoms with Crippen molar-refractivity contribution in [3.8, 4) is 0 Å². The molecule has 0 aliphatic carbocycles. The number of ether oxygens (including phenoxy) is 2. The maximum absolute atomic E-state index is 11.8. The molecule has 0 radical (unpaired) electrons. The van der Waals surface area contributed by atoms with Gasteiger partial charge in [-0.2, -0.15) is 0 Å². The van der Waals surface area contributed by atoms with Crippen LogP contribution in [-0.2, 0) is 14.3 Å². The average molecular weight is 271 g/mol. The molecular formula is C12H17NO4S. The number of esters is 2. The highest BCUT2D eigenvalue weighted by molar-refractivity contribution is 7.12. The fourth-order valence-corrected chi connectivity index (χ4v) is 2.09. The molecule has 1 rings (SSSR count). The van der Waals surface area contributed by atoms with Crippen LogP contribution in [0.1, 0.15) is 36.4 Å². The van der Waals surface area contributed by atoms with E-state index in [-0.39, 0.29) is 6.61 Å². The van der Waals surface area contributed by atoms with Crippen molar-refractivity contribution in [2.45, 2.75) is 32.8 Å². The Bertz CT molecular complexity index is 416. The van der Waals surface area contributed by atoms with Crippen molar-refractivity contribution >= 4 is 29.0 Å². The number of anilines is 1. The second-order valence-electron chi connectivity index (χ2n) is 3.64. The number of nitrogens with two attached hydrogens (primary N) is 1. The van der Waals surface area contributed by atoms with E-state index in [2.05, 4.69) is 0 Å². The first kappa shape index (κ1) is 14.5. The summed E-state index contributed by atoms with van der Waals surface area (Å²) in [7, 11) is 0. The lowest BCUT2D eigenvalue weighted by atomic mass is 10.2. The third kappa shape index (κ3) is 3.73. The standard InChI is InChI=1S/C12H17NO4S/c1-3-5-9(11(14)16-4-2)17-12(15)10-8(13)6-7-18-10/h6-7,9H,3-5,13H2,1-2H3. The summed E-state index contributed by atoms with van der Waals surface area (Å²) in [4.78, 5) is 23.7. The van der Waals surface area contributed by atoms with Crippen molar-refractivity contribution in [1.29, 1.82) is 0 Å². The van der Waals surface area contributed by atoms with Gasteiger partial charge in [-0.05, 0) is 24.8 Å². The Kier molecular flexibility index (Phi) is 5.64. The minimum Gasteiger partial charge on any atom is -0.463 e. The SMILES string of the molecule is CCCC(OC(=O)c1sccc1N)C(=O)OCC. The van der Waals surface area contributed by atoms with E-state index in [0.717, 1.165) is 6.42 Å². The molecule has 6 heteroatoms. The first-order chi connectivity index (χ1) is 8.60. The Labute approximate surface area is 110 Å². The van der Waals surface area contributed by atoms with E-state index < -0.39 is 18.0 Å². The largest absolute Gasteiger partial charge is 0.463 e. The molecule has 0 spiro atoms. The Morgan fingerprint density at radius 1 is 1.44 bits per heavy atom. The zero-order chi connectivity index (χ0) is 13.5. The lowest BCUT2D eigenvalue weighted by Gasteiger charge is -2.15. The average Bonchev–Trinajstić information content (AvgIpc) is 2.75. The van der Waals surface area contributed by atoms with Crippen LogP contribution in [0.3, 0.4) is 0 Å².